The zero-order valence-corrected chi connectivity index (χ0v) is 48.5. The maximum Gasteiger partial charge on any atom is 0.252 e. The van der Waals surface area contributed by atoms with E-state index in [0.717, 1.165) is 6.07 Å². The number of rotatable bonds is 35. The minimum absolute atomic E-state index is 0.0630. The summed E-state index contributed by atoms with van der Waals surface area (Å²) in [5, 5.41) is 175. The SMILES string of the molecule is NCCOc1cc(C(=O)NC(CCC(=O)NCCO[C@@H]2OC(CO)[C@@H](O)[C@H](O)C2O)C(=O)NCCO[C@@H]2OC(CO)[C@@H](O)[C@H](O)C2O)cc(C(=O)NC(CCC(=O)NCCO[C@@H]2OC(CO)[C@@H](O)[C@H](O)C2O)C(=O)NCCO[C@@H]2OC(CO)[C@@H](O)[C@H](O)C2O)c1. The van der Waals surface area contributed by atoms with Gasteiger partial charge in [0.1, 0.15) is 122 Å². The smallest absolute Gasteiger partial charge is 0.252 e. The van der Waals surface area contributed by atoms with Gasteiger partial charge in [-0.3, -0.25) is 28.8 Å². The summed E-state index contributed by atoms with van der Waals surface area (Å²) in [6.07, 6.45) is -33.9. The highest BCUT2D eigenvalue weighted by atomic mass is 16.7. The second kappa shape index (κ2) is 37.5. The lowest BCUT2D eigenvalue weighted by atomic mass is 9.99. The molecule has 0 saturated carbocycles. The van der Waals surface area contributed by atoms with Crippen LogP contribution in [0.1, 0.15) is 46.4 Å². The monoisotopic (exact) mass is 1300 g/mol. The summed E-state index contributed by atoms with van der Waals surface area (Å²) in [6.45, 7) is -5.91. The van der Waals surface area contributed by atoms with Crippen LogP contribution >= 0.6 is 0 Å². The standard InChI is InChI=1S/C52H85N7O31/c53-5-10-82-24-16-22(45(78)58-25(47(80)56-8-13-85-51-43(76)39(72)35(68)29(20-62)89-51)1-3-31(64)54-6-11-83-49-41(74)37(70)33(66)27(18-60)87-49)15-23(17-24)46(79)59-26(48(81)57-9-14-86-52-44(77)40(73)36(69)30(21-63)90-52)2-4-32(65)55-7-12-84-50-42(75)38(71)34(67)28(19-61)88-50/h15-17,25-30,33-44,49-52,60-63,66-77H,1-14,18-21,53H2,(H,54,64)(H,55,65)(H,56,80)(H,57,81)(H,58,78)(H,59,79)/t25?,26?,27?,28?,29?,30?,33-,34-,35-,36-,37+,38+,39+,40+,41?,42?,43?,44?,49-,50-,51-,52-/m1/s1. The van der Waals surface area contributed by atoms with Crippen molar-refractivity contribution in [2.24, 2.45) is 5.73 Å². The molecular formula is C52H85N7O31. The molecule has 5 rings (SSSR count). The number of amides is 6. The first-order chi connectivity index (χ1) is 42.9. The van der Waals surface area contributed by atoms with Crippen LogP contribution in [-0.4, -0.2) is 344 Å². The Balaban J connectivity index is 1.29. The molecule has 38 heteroatoms. The predicted octanol–water partition coefficient (Wildman–Crippen LogP) is -13.5. The van der Waals surface area contributed by atoms with Crippen molar-refractivity contribution >= 4 is 35.4 Å². The van der Waals surface area contributed by atoms with Gasteiger partial charge in [-0.1, -0.05) is 0 Å². The number of hydrogen-bond donors (Lipinski definition) is 23. The van der Waals surface area contributed by atoms with Gasteiger partial charge >= 0.3 is 0 Å². The van der Waals surface area contributed by atoms with Crippen LogP contribution in [0.5, 0.6) is 5.75 Å². The van der Waals surface area contributed by atoms with Gasteiger partial charge in [0.05, 0.1) is 52.9 Å². The molecule has 4 heterocycles. The van der Waals surface area contributed by atoms with Crippen molar-refractivity contribution in [3.8, 4) is 5.75 Å². The fourth-order valence-corrected chi connectivity index (χ4v) is 9.37. The van der Waals surface area contributed by atoms with E-state index in [1.165, 1.54) is 12.1 Å². The molecule has 0 spiro atoms. The van der Waals surface area contributed by atoms with Gasteiger partial charge in [-0.05, 0) is 31.0 Å². The fraction of sp³-hybridized carbons (Fsp3) is 0.769. The molecule has 90 heavy (non-hydrogen) atoms. The van der Waals surface area contributed by atoms with E-state index in [1.54, 1.807) is 0 Å². The Labute approximate surface area is 513 Å². The van der Waals surface area contributed by atoms with Crippen molar-refractivity contribution in [1.29, 1.82) is 0 Å². The van der Waals surface area contributed by atoms with Crippen molar-refractivity contribution in [3.05, 3.63) is 29.3 Å². The average Bonchev–Trinajstić information content (AvgIpc) is 2.52. The normalized spacial score (nSPS) is 32.6. The Morgan fingerprint density at radius 3 is 0.978 bits per heavy atom. The van der Waals surface area contributed by atoms with Gasteiger partial charge in [0.15, 0.2) is 25.2 Å². The highest BCUT2D eigenvalue weighted by Crippen LogP contribution is 2.26. The van der Waals surface area contributed by atoms with E-state index in [-0.39, 0.29) is 69.4 Å². The average molecular weight is 1300 g/mol. The molecule has 0 radical (unpaired) electrons. The van der Waals surface area contributed by atoms with Crippen LogP contribution in [0.3, 0.4) is 0 Å². The maximum absolute atomic E-state index is 14.2. The minimum atomic E-state index is -1.78. The van der Waals surface area contributed by atoms with E-state index in [4.69, 9.17) is 48.4 Å². The largest absolute Gasteiger partial charge is 0.492 e. The van der Waals surface area contributed by atoms with E-state index < -0.39 is 236 Å². The van der Waals surface area contributed by atoms with Crippen molar-refractivity contribution in [3.63, 3.8) is 0 Å². The van der Waals surface area contributed by atoms with Crippen LogP contribution in [0.4, 0.5) is 0 Å². The number of nitrogens with one attached hydrogen (secondary N) is 6. The molecule has 4 aliphatic heterocycles. The molecular weight excluding hydrogens is 1220 g/mol. The molecule has 22 atom stereocenters. The summed E-state index contributed by atoms with van der Waals surface area (Å²) < 4.78 is 48.5. The number of hydrogen-bond acceptors (Lipinski definition) is 32. The van der Waals surface area contributed by atoms with Gasteiger partial charge in [-0.2, -0.15) is 0 Å². The molecule has 4 saturated heterocycles. The lowest BCUT2D eigenvalue weighted by molar-refractivity contribution is -0.300. The first kappa shape index (κ1) is 75.6. The molecule has 0 aromatic heterocycles. The summed E-state index contributed by atoms with van der Waals surface area (Å²) in [5.74, 6) is -5.49. The Kier molecular flexibility index (Phi) is 31.5. The lowest BCUT2D eigenvalue weighted by Gasteiger charge is -2.39. The first-order valence-electron chi connectivity index (χ1n) is 28.8. The second-order valence-electron chi connectivity index (χ2n) is 21.1. The third-order valence-corrected chi connectivity index (χ3v) is 14.6. The molecule has 4 aliphatic rings. The summed E-state index contributed by atoms with van der Waals surface area (Å²) in [6, 6.07) is 0.221. The van der Waals surface area contributed by atoms with Gasteiger partial charge in [-0.25, -0.2) is 0 Å². The van der Waals surface area contributed by atoms with Gasteiger partial charge < -0.3 is 162 Å². The number of aliphatic hydroxyl groups excluding tert-OH is 16. The Morgan fingerprint density at radius 1 is 0.411 bits per heavy atom. The van der Waals surface area contributed by atoms with Crippen LogP contribution in [0.25, 0.3) is 0 Å². The lowest BCUT2D eigenvalue weighted by Crippen LogP contribution is -2.59. The van der Waals surface area contributed by atoms with Crippen molar-refractivity contribution in [1.82, 2.24) is 31.9 Å². The van der Waals surface area contributed by atoms with Gasteiger partial charge in [-0.15, -0.1) is 0 Å². The molecule has 6 amide bonds. The van der Waals surface area contributed by atoms with E-state index in [9.17, 15) is 110 Å². The highest BCUT2D eigenvalue weighted by Gasteiger charge is 2.47. The quantitative estimate of drug-likeness (QED) is 0.0281. The Bertz CT molecular complexity index is 2250. The molecule has 514 valence electrons. The highest BCUT2D eigenvalue weighted by molar-refractivity contribution is 6.03. The topological polar surface area (TPSA) is 607 Å². The van der Waals surface area contributed by atoms with E-state index in [0.29, 0.717) is 0 Å². The number of carbonyl (C=O) groups excluding carboxylic acids is 6. The van der Waals surface area contributed by atoms with E-state index in [1.807, 2.05) is 0 Å². The molecule has 1 aromatic rings. The summed E-state index contributed by atoms with van der Waals surface area (Å²) in [5.41, 5.74) is 4.99. The third-order valence-electron chi connectivity index (χ3n) is 14.6. The van der Waals surface area contributed by atoms with Gasteiger partial charge in [0.25, 0.3) is 11.8 Å². The Morgan fingerprint density at radius 2 is 0.700 bits per heavy atom. The van der Waals surface area contributed by atoms with E-state index >= 15 is 0 Å². The molecule has 24 N–H and O–H groups in total. The fourth-order valence-electron chi connectivity index (χ4n) is 9.37. The molecule has 4 fully saturated rings. The number of nitrogens with two attached hydrogens (primary N) is 1. The summed E-state index contributed by atoms with van der Waals surface area (Å²) in [7, 11) is 0. The number of aliphatic hydroxyl groups is 16. The maximum atomic E-state index is 14.2. The summed E-state index contributed by atoms with van der Waals surface area (Å²) in [4.78, 5) is 82.3. The molecule has 38 nitrogen and oxygen atoms in total. The van der Waals surface area contributed by atoms with Gasteiger partial charge in [0.2, 0.25) is 23.6 Å². The van der Waals surface area contributed by atoms with Crippen LogP contribution in [0, 0.1) is 0 Å². The van der Waals surface area contributed by atoms with Crippen LogP contribution in [0.2, 0.25) is 0 Å². The zero-order chi connectivity index (χ0) is 66.4. The second-order valence-corrected chi connectivity index (χ2v) is 21.1. The number of ether oxygens (including phenoxy) is 9. The zero-order valence-electron chi connectivity index (χ0n) is 48.5. The molecule has 10 unspecified atom stereocenters. The van der Waals surface area contributed by atoms with Crippen LogP contribution in [-0.2, 0) is 57.1 Å². The molecule has 0 aliphatic carbocycles. The van der Waals surface area contributed by atoms with Gasteiger partial charge in [0, 0.05) is 56.7 Å². The van der Waals surface area contributed by atoms with E-state index in [2.05, 4.69) is 31.9 Å². The number of benzene rings is 1. The molecule has 1 aromatic carbocycles. The van der Waals surface area contributed by atoms with Crippen molar-refractivity contribution in [2.75, 3.05) is 92.2 Å². The third kappa shape index (κ3) is 21.4. The van der Waals surface area contributed by atoms with Crippen molar-refractivity contribution < 1.29 is 153 Å². The summed E-state index contributed by atoms with van der Waals surface area (Å²) >= 11 is 0. The van der Waals surface area contributed by atoms with Crippen LogP contribution in [0.15, 0.2) is 18.2 Å². The minimum Gasteiger partial charge on any atom is -0.492 e. The van der Waals surface area contributed by atoms with Crippen LogP contribution < -0.4 is 42.4 Å². The predicted molar refractivity (Wildman–Crippen MR) is 293 cm³/mol. The molecule has 0 bridgehead atoms. The first-order valence-corrected chi connectivity index (χ1v) is 28.8. The van der Waals surface area contributed by atoms with Crippen molar-refractivity contribution in [2.45, 2.75) is 161 Å². The number of carbonyl (C=O) groups is 6. The Hall–Kier alpha value is -5.16.